The van der Waals surface area contributed by atoms with Crippen molar-refractivity contribution in [2.45, 2.75) is 13.5 Å². The Kier molecular flexibility index (Phi) is 1.83. The van der Waals surface area contributed by atoms with Crippen LogP contribution in [-0.4, -0.2) is 10.1 Å². The summed E-state index contributed by atoms with van der Waals surface area (Å²) in [6.07, 6.45) is 1.83. The van der Waals surface area contributed by atoms with Crippen LogP contribution in [0.4, 0.5) is 0 Å². The van der Waals surface area contributed by atoms with Gasteiger partial charge in [-0.2, -0.15) is 0 Å². The number of aryl methyl sites for hydroxylation is 1. The molecule has 0 saturated carbocycles. The first-order valence-electron chi connectivity index (χ1n) is 3.75. The highest BCUT2D eigenvalue weighted by Gasteiger charge is 2.00. The fraction of sp³-hybridized carbons (Fsp3) is 0.222. The summed E-state index contributed by atoms with van der Waals surface area (Å²) in [4.78, 5) is 4.12. The van der Waals surface area contributed by atoms with Crippen LogP contribution in [0.15, 0.2) is 17.6 Å². The van der Waals surface area contributed by atoms with Gasteiger partial charge in [-0.25, -0.2) is 0 Å². The molecule has 3 heteroatoms. The van der Waals surface area contributed by atoms with Gasteiger partial charge in [0.2, 0.25) is 0 Å². The minimum atomic E-state index is 0.0207. The summed E-state index contributed by atoms with van der Waals surface area (Å²) >= 11 is 1.69. The molecule has 12 heavy (non-hydrogen) atoms. The summed E-state index contributed by atoms with van der Waals surface area (Å²) in [5.41, 5.74) is 2.00. The van der Waals surface area contributed by atoms with Crippen molar-refractivity contribution in [3.05, 3.63) is 28.9 Å². The Labute approximate surface area is 74.5 Å². The van der Waals surface area contributed by atoms with E-state index in [4.69, 9.17) is 5.11 Å². The molecule has 2 nitrogen and oxygen atoms in total. The van der Waals surface area contributed by atoms with E-state index in [1.54, 1.807) is 11.3 Å². The number of aliphatic hydroxyl groups excluding tert-OH is 1. The van der Waals surface area contributed by atoms with E-state index in [1.807, 2.05) is 12.3 Å². The van der Waals surface area contributed by atoms with Gasteiger partial charge in [0.05, 0.1) is 12.3 Å². The highest BCUT2D eigenvalue weighted by Crippen LogP contribution is 2.24. The monoisotopic (exact) mass is 179 g/mol. The molecule has 0 unspecified atom stereocenters. The molecule has 0 aromatic carbocycles. The molecule has 0 radical (unpaired) electrons. The normalized spacial score (nSPS) is 10.8. The van der Waals surface area contributed by atoms with Gasteiger partial charge in [-0.15, -0.1) is 11.3 Å². The smallest absolute Gasteiger partial charge is 0.0853 e. The molecule has 0 aliphatic heterocycles. The topological polar surface area (TPSA) is 33.1 Å². The number of thiophene rings is 1. The maximum absolute atomic E-state index is 8.85. The Morgan fingerprint density at radius 2 is 2.42 bits per heavy atom. The van der Waals surface area contributed by atoms with E-state index < -0.39 is 0 Å². The van der Waals surface area contributed by atoms with Crippen LogP contribution in [-0.2, 0) is 6.61 Å². The number of aliphatic hydroxyl groups is 1. The first-order chi connectivity index (χ1) is 5.81. The quantitative estimate of drug-likeness (QED) is 0.727. The summed E-state index contributed by atoms with van der Waals surface area (Å²) in [7, 11) is 0. The predicted octanol–water partition coefficient (Wildman–Crippen LogP) is 2.10. The molecule has 0 bridgehead atoms. The Balaban J connectivity index is 2.69. The SMILES string of the molecule is Cc1csc2cc(CO)ncc12. The molecular weight excluding hydrogens is 170 g/mol. The Morgan fingerprint density at radius 1 is 1.58 bits per heavy atom. The van der Waals surface area contributed by atoms with E-state index in [0.29, 0.717) is 0 Å². The molecule has 0 spiro atoms. The molecule has 62 valence electrons. The summed E-state index contributed by atoms with van der Waals surface area (Å²) in [6, 6.07) is 1.94. The largest absolute Gasteiger partial charge is 0.390 e. The van der Waals surface area contributed by atoms with Gasteiger partial charge in [0.1, 0.15) is 0 Å². The summed E-state index contributed by atoms with van der Waals surface area (Å²) < 4.78 is 1.20. The lowest BCUT2D eigenvalue weighted by atomic mass is 10.2. The molecule has 0 aliphatic carbocycles. The number of hydrogen-bond donors (Lipinski definition) is 1. The van der Waals surface area contributed by atoms with Crippen LogP contribution >= 0.6 is 11.3 Å². The molecule has 2 rings (SSSR count). The Bertz CT molecular complexity index is 408. The third kappa shape index (κ3) is 1.11. The predicted molar refractivity (Wildman–Crippen MR) is 50.3 cm³/mol. The van der Waals surface area contributed by atoms with Crippen molar-refractivity contribution in [2.75, 3.05) is 0 Å². The van der Waals surface area contributed by atoms with Gasteiger partial charge in [0, 0.05) is 16.3 Å². The van der Waals surface area contributed by atoms with Gasteiger partial charge in [-0.3, -0.25) is 4.98 Å². The second kappa shape index (κ2) is 2.84. The minimum Gasteiger partial charge on any atom is -0.390 e. The highest BCUT2D eigenvalue weighted by atomic mass is 32.1. The molecule has 2 aromatic heterocycles. The van der Waals surface area contributed by atoms with Crippen molar-refractivity contribution in [1.29, 1.82) is 0 Å². The first-order valence-corrected chi connectivity index (χ1v) is 4.63. The van der Waals surface area contributed by atoms with E-state index >= 15 is 0 Å². The second-order valence-electron chi connectivity index (χ2n) is 2.75. The van der Waals surface area contributed by atoms with Gasteiger partial charge in [-0.1, -0.05) is 0 Å². The molecule has 0 aliphatic rings. The Morgan fingerprint density at radius 3 is 3.17 bits per heavy atom. The molecule has 2 aromatic rings. The van der Waals surface area contributed by atoms with E-state index in [-0.39, 0.29) is 6.61 Å². The maximum atomic E-state index is 8.85. The van der Waals surface area contributed by atoms with Crippen molar-refractivity contribution < 1.29 is 5.11 Å². The number of nitrogens with zero attached hydrogens (tertiary/aromatic N) is 1. The number of pyridine rings is 1. The fourth-order valence-electron chi connectivity index (χ4n) is 1.17. The number of hydrogen-bond acceptors (Lipinski definition) is 3. The zero-order valence-corrected chi connectivity index (χ0v) is 7.56. The zero-order chi connectivity index (χ0) is 8.55. The van der Waals surface area contributed by atoms with Gasteiger partial charge in [0.15, 0.2) is 0 Å². The van der Waals surface area contributed by atoms with Crippen LogP contribution in [0.25, 0.3) is 10.1 Å². The zero-order valence-electron chi connectivity index (χ0n) is 6.74. The van der Waals surface area contributed by atoms with Crippen LogP contribution < -0.4 is 0 Å². The highest BCUT2D eigenvalue weighted by molar-refractivity contribution is 7.17. The van der Waals surface area contributed by atoms with Gasteiger partial charge in [-0.05, 0) is 23.9 Å². The van der Waals surface area contributed by atoms with Crippen LogP contribution in [0.1, 0.15) is 11.3 Å². The van der Waals surface area contributed by atoms with Crippen LogP contribution in [0.3, 0.4) is 0 Å². The molecule has 1 N–H and O–H groups in total. The van der Waals surface area contributed by atoms with Gasteiger partial charge < -0.3 is 5.11 Å². The average molecular weight is 179 g/mol. The lowest BCUT2D eigenvalue weighted by Crippen LogP contribution is -1.86. The molecule has 0 amide bonds. The standard InChI is InChI=1S/C9H9NOS/c1-6-5-12-9-2-7(4-11)10-3-8(6)9/h2-3,5,11H,4H2,1H3. The molecule has 0 saturated heterocycles. The lowest BCUT2D eigenvalue weighted by molar-refractivity contribution is 0.277. The van der Waals surface area contributed by atoms with Crippen molar-refractivity contribution in [3.63, 3.8) is 0 Å². The van der Waals surface area contributed by atoms with Crippen molar-refractivity contribution >= 4 is 21.4 Å². The minimum absolute atomic E-state index is 0.0207. The molecular formula is C9H9NOS. The summed E-state index contributed by atoms with van der Waals surface area (Å²) in [5.74, 6) is 0. The number of aromatic nitrogens is 1. The van der Waals surface area contributed by atoms with Gasteiger partial charge >= 0.3 is 0 Å². The molecule has 0 fully saturated rings. The maximum Gasteiger partial charge on any atom is 0.0853 e. The van der Waals surface area contributed by atoms with E-state index in [9.17, 15) is 0 Å². The third-order valence-electron chi connectivity index (χ3n) is 1.87. The summed E-state index contributed by atoms with van der Waals surface area (Å²) in [6.45, 7) is 2.09. The van der Waals surface area contributed by atoms with Crippen molar-refractivity contribution in [3.8, 4) is 0 Å². The number of rotatable bonds is 1. The van der Waals surface area contributed by atoms with Crippen molar-refractivity contribution in [1.82, 2.24) is 4.98 Å². The fourth-order valence-corrected chi connectivity index (χ4v) is 2.15. The van der Waals surface area contributed by atoms with E-state index in [1.165, 1.54) is 15.6 Å². The number of fused-ring (bicyclic) bond motifs is 1. The van der Waals surface area contributed by atoms with Crippen molar-refractivity contribution in [2.24, 2.45) is 0 Å². The first kappa shape index (κ1) is 7.71. The van der Waals surface area contributed by atoms with E-state index in [0.717, 1.165) is 5.69 Å². The second-order valence-corrected chi connectivity index (χ2v) is 3.66. The summed E-state index contributed by atoms with van der Waals surface area (Å²) in [5, 5.41) is 12.1. The van der Waals surface area contributed by atoms with E-state index in [2.05, 4.69) is 17.3 Å². The third-order valence-corrected chi connectivity index (χ3v) is 2.94. The Hall–Kier alpha value is -0.930. The van der Waals surface area contributed by atoms with Gasteiger partial charge in [0.25, 0.3) is 0 Å². The lowest BCUT2D eigenvalue weighted by Gasteiger charge is -1.94. The average Bonchev–Trinajstić information content (AvgIpc) is 2.47. The molecule has 2 heterocycles. The van der Waals surface area contributed by atoms with Crippen LogP contribution in [0, 0.1) is 6.92 Å². The molecule has 0 atom stereocenters. The van der Waals surface area contributed by atoms with Crippen LogP contribution in [0.2, 0.25) is 0 Å². The van der Waals surface area contributed by atoms with Crippen LogP contribution in [0.5, 0.6) is 0 Å².